The summed E-state index contributed by atoms with van der Waals surface area (Å²) >= 11 is 1.59. The van der Waals surface area contributed by atoms with Crippen molar-refractivity contribution >= 4 is 17.7 Å². The summed E-state index contributed by atoms with van der Waals surface area (Å²) < 4.78 is 13.3. The Balaban J connectivity index is 2.15. The lowest BCUT2D eigenvalue weighted by atomic mass is 10.2. The molecule has 0 bridgehead atoms. The van der Waals surface area contributed by atoms with Crippen molar-refractivity contribution in [3.05, 3.63) is 35.6 Å². The average Bonchev–Trinajstić information content (AvgIpc) is 2.67. The van der Waals surface area contributed by atoms with E-state index < -0.39 is 0 Å². The first-order valence-electron chi connectivity index (χ1n) is 6.49. The van der Waals surface area contributed by atoms with E-state index in [4.69, 9.17) is 0 Å². The molecule has 0 spiro atoms. The summed E-state index contributed by atoms with van der Waals surface area (Å²) in [6.45, 7) is 3.49. The van der Waals surface area contributed by atoms with E-state index in [2.05, 4.69) is 5.32 Å². The summed E-state index contributed by atoms with van der Waals surface area (Å²) in [6, 6.07) is 6.54. The number of nitrogens with zero attached hydrogens (tertiary/aromatic N) is 1. The molecule has 1 heterocycles. The van der Waals surface area contributed by atoms with Gasteiger partial charge in [-0.1, -0.05) is 12.1 Å². The minimum absolute atomic E-state index is 0.0529. The Labute approximate surface area is 117 Å². The molecule has 1 N–H and O–H groups in total. The number of rotatable bonds is 5. The Morgan fingerprint density at radius 2 is 2.26 bits per heavy atom. The second-order valence-corrected chi connectivity index (χ2v) is 6.10. The zero-order valence-electron chi connectivity index (χ0n) is 11.2. The van der Waals surface area contributed by atoms with Crippen molar-refractivity contribution < 1.29 is 9.18 Å². The van der Waals surface area contributed by atoms with E-state index in [1.54, 1.807) is 17.8 Å². The maximum atomic E-state index is 13.3. The topological polar surface area (TPSA) is 32.3 Å². The third-order valence-corrected chi connectivity index (χ3v) is 4.60. The summed E-state index contributed by atoms with van der Waals surface area (Å²) in [6.07, 6.45) is 0.904. The van der Waals surface area contributed by atoms with Gasteiger partial charge in [-0.15, -0.1) is 11.8 Å². The fourth-order valence-corrected chi connectivity index (χ4v) is 3.54. The standard InChI is InChI=1S/C14H19FN2OS/c1-10-13(18)17(8-4-7-16-2)14(19-10)11-5-3-6-12(15)9-11/h3,5-6,9-10,14,16H,4,7-8H2,1-2H3/t10-,14+/m0/s1. The van der Waals surface area contributed by atoms with Crippen molar-refractivity contribution in [3.63, 3.8) is 0 Å². The van der Waals surface area contributed by atoms with Crippen molar-refractivity contribution in [1.82, 2.24) is 10.2 Å². The molecule has 5 heteroatoms. The van der Waals surface area contributed by atoms with Gasteiger partial charge >= 0.3 is 0 Å². The number of nitrogens with one attached hydrogen (secondary N) is 1. The second-order valence-electron chi connectivity index (χ2n) is 4.67. The molecule has 0 saturated carbocycles. The van der Waals surface area contributed by atoms with Gasteiger partial charge in [-0.25, -0.2) is 4.39 Å². The van der Waals surface area contributed by atoms with Gasteiger partial charge < -0.3 is 10.2 Å². The van der Waals surface area contributed by atoms with Crippen molar-refractivity contribution in [2.24, 2.45) is 0 Å². The minimum Gasteiger partial charge on any atom is -0.326 e. The molecule has 1 amide bonds. The van der Waals surface area contributed by atoms with Crippen LogP contribution in [0.25, 0.3) is 0 Å². The highest BCUT2D eigenvalue weighted by atomic mass is 32.2. The highest BCUT2D eigenvalue weighted by Crippen LogP contribution is 2.42. The van der Waals surface area contributed by atoms with E-state index in [0.717, 1.165) is 18.5 Å². The van der Waals surface area contributed by atoms with Crippen LogP contribution in [0.15, 0.2) is 24.3 Å². The quantitative estimate of drug-likeness (QED) is 0.842. The largest absolute Gasteiger partial charge is 0.326 e. The zero-order valence-corrected chi connectivity index (χ0v) is 12.0. The van der Waals surface area contributed by atoms with E-state index in [0.29, 0.717) is 6.54 Å². The normalized spacial score (nSPS) is 23.1. The van der Waals surface area contributed by atoms with E-state index in [1.807, 2.05) is 24.9 Å². The highest BCUT2D eigenvalue weighted by Gasteiger charge is 2.37. The molecule has 3 nitrogen and oxygen atoms in total. The minimum atomic E-state index is -0.250. The Kier molecular flexibility index (Phi) is 4.82. The number of carbonyl (C=O) groups is 1. The molecule has 1 aromatic carbocycles. The molecule has 1 aromatic rings. The van der Waals surface area contributed by atoms with Gasteiger partial charge in [0, 0.05) is 6.54 Å². The van der Waals surface area contributed by atoms with Crippen molar-refractivity contribution in [1.29, 1.82) is 0 Å². The Morgan fingerprint density at radius 3 is 2.95 bits per heavy atom. The number of amides is 1. The third-order valence-electron chi connectivity index (χ3n) is 3.21. The van der Waals surface area contributed by atoms with Crippen LogP contribution in [0.2, 0.25) is 0 Å². The summed E-state index contributed by atoms with van der Waals surface area (Å²) in [4.78, 5) is 14.0. The smallest absolute Gasteiger partial charge is 0.236 e. The number of hydrogen-bond acceptors (Lipinski definition) is 3. The summed E-state index contributed by atoms with van der Waals surface area (Å²) in [5, 5.41) is 2.96. The summed E-state index contributed by atoms with van der Waals surface area (Å²) in [5.41, 5.74) is 0.868. The Hall–Kier alpha value is -1.07. The lowest BCUT2D eigenvalue weighted by molar-refractivity contribution is -0.129. The number of carbonyl (C=O) groups excluding carboxylic acids is 1. The molecule has 1 aliphatic rings. The Morgan fingerprint density at radius 1 is 1.47 bits per heavy atom. The van der Waals surface area contributed by atoms with Gasteiger partial charge in [0.15, 0.2) is 0 Å². The average molecular weight is 282 g/mol. The zero-order chi connectivity index (χ0) is 13.8. The summed E-state index contributed by atoms with van der Waals surface area (Å²) in [7, 11) is 1.90. The van der Waals surface area contributed by atoms with Gasteiger partial charge in [0.05, 0.1) is 5.25 Å². The van der Waals surface area contributed by atoms with Crippen LogP contribution in [0, 0.1) is 5.82 Å². The maximum absolute atomic E-state index is 13.3. The first kappa shape index (κ1) is 14.3. The maximum Gasteiger partial charge on any atom is 0.236 e. The van der Waals surface area contributed by atoms with Gasteiger partial charge in [-0.05, 0) is 44.6 Å². The first-order chi connectivity index (χ1) is 9.13. The van der Waals surface area contributed by atoms with Crippen molar-refractivity contribution in [2.75, 3.05) is 20.1 Å². The molecule has 104 valence electrons. The van der Waals surface area contributed by atoms with Crippen molar-refractivity contribution in [2.45, 2.75) is 24.0 Å². The second kappa shape index (κ2) is 6.39. The van der Waals surface area contributed by atoms with Crippen LogP contribution in [-0.2, 0) is 4.79 Å². The molecule has 1 aliphatic heterocycles. The van der Waals surface area contributed by atoms with E-state index in [1.165, 1.54) is 12.1 Å². The number of hydrogen-bond donors (Lipinski definition) is 1. The van der Waals surface area contributed by atoms with Crippen LogP contribution in [0.3, 0.4) is 0 Å². The predicted octanol–water partition coefficient (Wildman–Crippen LogP) is 2.40. The molecular weight excluding hydrogens is 263 g/mol. The van der Waals surface area contributed by atoms with Gasteiger partial charge in [0.2, 0.25) is 5.91 Å². The number of thioether (sulfide) groups is 1. The molecular formula is C14H19FN2OS. The molecule has 1 saturated heterocycles. The molecule has 2 atom stereocenters. The molecule has 19 heavy (non-hydrogen) atoms. The van der Waals surface area contributed by atoms with E-state index in [-0.39, 0.29) is 22.3 Å². The SMILES string of the molecule is CNCCCN1C(=O)[C@H](C)S[C@@H]1c1cccc(F)c1. The van der Waals surface area contributed by atoms with Crippen LogP contribution < -0.4 is 5.32 Å². The Bertz CT molecular complexity index is 455. The van der Waals surface area contributed by atoms with Gasteiger partial charge in [-0.3, -0.25) is 4.79 Å². The monoisotopic (exact) mass is 282 g/mol. The number of benzene rings is 1. The lowest BCUT2D eigenvalue weighted by Crippen LogP contribution is -2.32. The number of halogens is 1. The summed E-state index contributed by atoms with van der Waals surface area (Å²) in [5.74, 6) is -0.101. The van der Waals surface area contributed by atoms with Gasteiger partial charge in [0.1, 0.15) is 11.2 Å². The molecule has 0 radical (unpaired) electrons. The van der Waals surface area contributed by atoms with Crippen LogP contribution >= 0.6 is 11.8 Å². The molecule has 2 rings (SSSR count). The van der Waals surface area contributed by atoms with Gasteiger partial charge in [-0.2, -0.15) is 0 Å². The van der Waals surface area contributed by atoms with Crippen LogP contribution in [0.1, 0.15) is 24.3 Å². The first-order valence-corrected chi connectivity index (χ1v) is 7.43. The van der Waals surface area contributed by atoms with Gasteiger partial charge in [0.25, 0.3) is 0 Å². The molecule has 0 aromatic heterocycles. The van der Waals surface area contributed by atoms with E-state index in [9.17, 15) is 9.18 Å². The van der Waals surface area contributed by atoms with E-state index >= 15 is 0 Å². The van der Waals surface area contributed by atoms with Crippen molar-refractivity contribution in [3.8, 4) is 0 Å². The lowest BCUT2D eigenvalue weighted by Gasteiger charge is -2.24. The third kappa shape index (κ3) is 3.28. The molecule has 1 fully saturated rings. The fraction of sp³-hybridized carbons (Fsp3) is 0.500. The molecule has 0 aliphatic carbocycles. The van der Waals surface area contributed by atoms with Crippen LogP contribution in [0.5, 0.6) is 0 Å². The fourth-order valence-electron chi connectivity index (χ4n) is 2.25. The molecule has 0 unspecified atom stereocenters. The van der Waals surface area contributed by atoms with Crippen LogP contribution in [0.4, 0.5) is 4.39 Å². The van der Waals surface area contributed by atoms with Crippen LogP contribution in [-0.4, -0.2) is 36.2 Å². The predicted molar refractivity (Wildman–Crippen MR) is 76.5 cm³/mol. The highest BCUT2D eigenvalue weighted by molar-refractivity contribution is 8.01.